The molecule has 0 aromatic heterocycles. The summed E-state index contributed by atoms with van der Waals surface area (Å²) in [7, 11) is 1.16. The Hall–Kier alpha value is -2.88. The molecule has 0 spiro atoms. The molecule has 1 amide bonds. The summed E-state index contributed by atoms with van der Waals surface area (Å²) >= 11 is 1.33. The number of rotatable bonds is 11. The Balaban J connectivity index is 1.69. The number of carbonyl (C=O) groups is 3. The number of hydrogen-bond donors (Lipinski definition) is 3. The lowest BCUT2D eigenvalue weighted by Gasteiger charge is -2.17. The average Bonchev–Trinajstić information content (AvgIpc) is 2.82. The molecule has 2 aromatic rings. The number of esters is 2. The molecule has 0 aliphatic heterocycles. The van der Waals surface area contributed by atoms with E-state index in [2.05, 4.69) is 10.1 Å². The number of hydrogen-bond acceptors (Lipinski definition) is 8. The van der Waals surface area contributed by atoms with Crippen molar-refractivity contribution in [1.82, 2.24) is 5.32 Å². The molecule has 9 heteroatoms. The number of nitrogens with two attached hydrogens (primary N) is 1. The van der Waals surface area contributed by atoms with Crippen molar-refractivity contribution >= 4 is 29.6 Å². The van der Waals surface area contributed by atoms with Gasteiger partial charge in [-0.15, -0.1) is 0 Å². The van der Waals surface area contributed by atoms with Crippen molar-refractivity contribution in [3.05, 3.63) is 60.2 Å². The molecule has 0 unspecified atom stereocenters. The van der Waals surface area contributed by atoms with Gasteiger partial charge in [0.1, 0.15) is 6.61 Å². The topological polar surface area (TPSA) is 128 Å². The van der Waals surface area contributed by atoms with Crippen LogP contribution in [0.3, 0.4) is 0 Å². The second-order valence-electron chi connectivity index (χ2n) is 6.53. The van der Waals surface area contributed by atoms with Crippen molar-refractivity contribution in [1.29, 1.82) is 0 Å². The van der Waals surface area contributed by atoms with Crippen LogP contribution in [0.5, 0.6) is 0 Å². The van der Waals surface area contributed by atoms with Gasteiger partial charge < -0.3 is 25.6 Å². The van der Waals surface area contributed by atoms with Gasteiger partial charge in [0, 0.05) is 11.5 Å². The molecule has 0 aliphatic carbocycles. The second kappa shape index (κ2) is 12.7. The van der Waals surface area contributed by atoms with E-state index in [4.69, 9.17) is 15.6 Å². The molecule has 0 saturated heterocycles. The number of amides is 1. The molecule has 0 fully saturated rings. The van der Waals surface area contributed by atoms with Crippen LogP contribution in [0.25, 0.3) is 11.1 Å². The molecular formula is C22H26N2O6S. The summed E-state index contributed by atoms with van der Waals surface area (Å²) in [6.07, 6.45) is 0. The van der Waals surface area contributed by atoms with E-state index in [1.54, 1.807) is 12.1 Å². The zero-order chi connectivity index (χ0) is 22.6. The minimum absolute atomic E-state index is 0.166. The summed E-state index contributed by atoms with van der Waals surface area (Å²) in [4.78, 5) is 35.5. The molecule has 166 valence electrons. The van der Waals surface area contributed by atoms with Gasteiger partial charge in [-0.3, -0.25) is 4.79 Å². The van der Waals surface area contributed by atoms with Crippen molar-refractivity contribution in [2.24, 2.45) is 5.73 Å². The molecule has 2 rings (SSSR count). The van der Waals surface area contributed by atoms with Crippen LogP contribution in [0.4, 0.5) is 0 Å². The summed E-state index contributed by atoms with van der Waals surface area (Å²) in [6.45, 7) is -0.416. The van der Waals surface area contributed by atoms with Gasteiger partial charge in [-0.25, -0.2) is 9.59 Å². The molecule has 0 radical (unpaired) electrons. The molecule has 0 bridgehead atoms. The van der Waals surface area contributed by atoms with Crippen molar-refractivity contribution in [2.75, 3.05) is 31.8 Å². The van der Waals surface area contributed by atoms with Crippen LogP contribution in [0.1, 0.15) is 10.4 Å². The van der Waals surface area contributed by atoms with E-state index < -0.39 is 36.5 Å². The van der Waals surface area contributed by atoms with E-state index >= 15 is 0 Å². The van der Waals surface area contributed by atoms with Crippen molar-refractivity contribution in [2.45, 2.75) is 12.1 Å². The van der Waals surface area contributed by atoms with E-state index in [0.717, 1.165) is 18.2 Å². The summed E-state index contributed by atoms with van der Waals surface area (Å²) in [6, 6.07) is 15.0. The van der Waals surface area contributed by atoms with Gasteiger partial charge in [0.15, 0.2) is 6.04 Å². The van der Waals surface area contributed by atoms with Gasteiger partial charge in [0.05, 0.1) is 25.3 Å². The highest BCUT2D eigenvalue weighted by Crippen LogP contribution is 2.19. The maximum absolute atomic E-state index is 12.2. The predicted octanol–water partition coefficient (Wildman–Crippen LogP) is 1.22. The molecule has 2 atom stereocenters. The van der Waals surface area contributed by atoms with Gasteiger partial charge in [-0.05, 0) is 23.3 Å². The van der Waals surface area contributed by atoms with Gasteiger partial charge in [-0.1, -0.05) is 42.5 Å². The highest BCUT2D eigenvalue weighted by molar-refractivity contribution is 7.99. The number of thioether (sulfide) groups is 1. The third-order valence-electron chi connectivity index (χ3n) is 4.31. The maximum atomic E-state index is 12.2. The largest absolute Gasteiger partial charge is 0.467 e. The number of ether oxygens (including phenoxy) is 2. The quantitative estimate of drug-likeness (QED) is 0.347. The lowest BCUT2D eigenvalue weighted by atomic mass is 10.0. The fraction of sp³-hybridized carbons (Fsp3) is 0.318. The van der Waals surface area contributed by atoms with Gasteiger partial charge >= 0.3 is 11.9 Å². The van der Waals surface area contributed by atoms with Crippen molar-refractivity contribution < 1.29 is 29.0 Å². The van der Waals surface area contributed by atoms with Crippen molar-refractivity contribution in [3.63, 3.8) is 0 Å². The molecule has 2 aromatic carbocycles. The Morgan fingerprint density at radius 1 is 1.06 bits per heavy atom. The Bertz CT molecular complexity index is 860. The van der Waals surface area contributed by atoms with E-state index in [0.29, 0.717) is 11.3 Å². The molecule has 4 N–H and O–H groups in total. The van der Waals surface area contributed by atoms with Crippen LogP contribution >= 0.6 is 11.8 Å². The molecule has 8 nitrogen and oxygen atoms in total. The fourth-order valence-electron chi connectivity index (χ4n) is 2.59. The first-order chi connectivity index (χ1) is 15.0. The predicted molar refractivity (Wildman–Crippen MR) is 118 cm³/mol. The SMILES string of the molecule is COC(=O)[C@H](CO)NC(=O)[C@@H](N)CSCCOC(=O)c1ccc(-c2ccccc2)cc1. The van der Waals surface area contributed by atoms with E-state index in [1.807, 2.05) is 42.5 Å². The minimum atomic E-state index is -1.15. The monoisotopic (exact) mass is 446 g/mol. The minimum Gasteiger partial charge on any atom is -0.467 e. The average molecular weight is 447 g/mol. The van der Waals surface area contributed by atoms with Crippen LogP contribution < -0.4 is 11.1 Å². The molecule has 0 saturated carbocycles. The smallest absolute Gasteiger partial charge is 0.338 e. The summed E-state index contributed by atoms with van der Waals surface area (Å²) in [5.41, 5.74) is 8.32. The molecule has 31 heavy (non-hydrogen) atoms. The lowest BCUT2D eigenvalue weighted by Crippen LogP contribution is -2.51. The maximum Gasteiger partial charge on any atom is 0.338 e. The van der Waals surface area contributed by atoms with E-state index in [9.17, 15) is 14.4 Å². The molecular weight excluding hydrogens is 420 g/mol. The first kappa shape index (κ1) is 24.4. The zero-order valence-corrected chi connectivity index (χ0v) is 18.0. The Labute approximate surface area is 185 Å². The van der Waals surface area contributed by atoms with Crippen molar-refractivity contribution in [3.8, 4) is 11.1 Å². The van der Waals surface area contributed by atoms with Gasteiger partial charge in [0.25, 0.3) is 0 Å². The first-order valence-corrected chi connectivity index (χ1v) is 10.8. The van der Waals surface area contributed by atoms with E-state index in [-0.39, 0.29) is 12.4 Å². The molecule has 0 aliphatic rings. The van der Waals surface area contributed by atoms with Crippen LogP contribution in [0, 0.1) is 0 Å². The van der Waals surface area contributed by atoms with E-state index in [1.165, 1.54) is 11.8 Å². The third-order valence-corrected chi connectivity index (χ3v) is 5.36. The van der Waals surface area contributed by atoms with Gasteiger partial charge in [-0.2, -0.15) is 11.8 Å². The fourth-order valence-corrected chi connectivity index (χ4v) is 3.37. The van der Waals surface area contributed by atoms with Crippen LogP contribution in [0.15, 0.2) is 54.6 Å². The third kappa shape index (κ3) is 7.71. The first-order valence-electron chi connectivity index (χ1n) is 9.61. The van der Waals surface area contributed by atoms with Crippen LogP contribution in [0.2, 0.25) is 0 Å². The number of nitrogens with one attached hydrogen (secondary N) is 1. The number of benzene rings is 2. The number of methoxy groups -OCH3 is 1. The molecule has 0 heterocycles. The van der Waals surface area contributed by atoms with Gasteiger partial charge in [0.2, 0.25) is 5.91 Å². The highest BCUT2D eigenvalue weighted by atomic mass is 32.2. The number of carbonyl (C=O) groups excluding carboxylic acids is 3. The highest BCUT2D eigenvalue weighted by Gasteiger charge is 2.23. The summed E-state index contributed by atoms with van der Waals surface area (Å²) < 4.78 is 9.73. The Morgan fingerprint density at radius 2 is 1.71 bits per heavy atom. The summed E-state index contributed by atoms with van der Waals surface area (Å²) in [5.74, 6) is -1.04. The normalized spacial score (nSPS) is 12.5. The van der Waals surface area contributed by atoms with Crippen LogP contribution in [-0.4, -0.2) is 66.9 Å². The number of aliphatic hydroxyl groups is 1. The lowest BCUT2D eigenvalue weighted by molar-refractivity contribution is -0.146. The second-order valence-corrected chi connectivity index (χ2v) is 7.68. The zero-order valence-electron chi connectivity index (χ0n) is 17.2. The summed E-state index contributed by atoms with van der Waals surface area (Å²) in [5, 5.41) is 11.4. The Morgan fingerprint density at radius 3 is 2.32 bits per heavy atom. The standard InChI is InChI=1S/C22H26N2O6S/c1-29-22(28)19(13-25)24-20(26)18(23)14-31-12-11-30-21(27)17-9-7-16(8-10-17)15-5-3-2-4-6-15/h2-10,18-19,25H,11-14,23H2,1H3,(H,24,26)/t18-,19-/m0/s1. The Kier molecular flexibility index (Phi) is 10.0. The number of aliphatic hydroxyl groups excluding tert-OH is 1. The van der Waals surface area contributed by atoms with Crippen LogP contribution in [-0.2, 0) is 19.1 Å².